The van der Waals surface area contributed by atoms with Crippen LogP contribution in [0, 0.1) is 0 Å². The maximum atomic E-state index is 10.9. The monoisotopic (exact) mass is 154 g/mol. The zero-order valence-electron chi connectivity index (χ0n) is 5.52. The number of hydrogen-bond donors (Lipinski definition) is 2. The van der Waals surface area contributed by atoms with Gasteiger partial charge >= 0.3 is 0 Å². The average Bonchev–Trinajstić information content (AvgIpc) is 2.38. The van der Waals surface area contributed by atoms with E-state index in [1.807, 2.05) is 5.32 Å². The molecule has 0 aromatic heterocycles. The van der Waals surface area contributed by atoms with Gasteiger partial charge in [0.1, 0.15) is 0 Å². The van der Waals surface area contributed by atoms with Gasteiger partial charge in [-0.2, -0.15) is 10.2 Å². The summed E-state index contributed by atoms with van der Waals surface area (Å²) in [6, 6.07) is 0. The molecule has 0 saturated carbocycles. The van der Waals surface area contributed by atoms with Crippen molar-refractivity contribution in [2.45, 2.75) is 5.66 Å². The van der Waals surface area contributed by atoms with Gasteiger partial charge in [0.05, 0.1) is 0 Å². The molecule has 0 spiro atoms. The van der Waals surface area contributed by atoms with Crippen LogP contribution in [0.2, 0.25) is 0 Å². The summed E-state index contributed by atoms with van der Waals surface area (Å²) >= 11 is 0. The fraction of sp³-hybridized carbons (Fsp3) is 0.200. The smallest absolute Gasteiger partial charge is 0.275 e. The number of carbonyl (C=O) groups excluding carboxylic acids is 2. The van der Waals surface area contributed by atoms with Crippen LogP contribution in [-0.2, 0) is 9.59 Å². The molecule has 0 aliphatic carbocycles. The lowest BCUT2D eigenvalue weighted by Gasteiger charge is -2.12. The quantitative estimate of drug-likeness (QED) is 0.493. The maximum absolute atomic E-state index is 10.9. The third-order valence-electron chi connectivity index (χ3n) is 1.17. The zero-order chi connectivity index (χ0) is 8.32. The number of nitrogens with two attached hydrogens (primary N) is 1. The van der Waals surface area contributed by atoms with Crippen LogP contribution in [0.5, 0.6) is 0 Å². The number of rotatable bonds is 2. The second kappa shape index (κ2) is 2.59. The number of hydrogen-bond acceptors (Lipinski definition) is 5. The van der Waals surface area contributed by atoms with E-state index in [0.717, 1.165) is 0 Å². The second-order valence-electron chi connectivity index (χ2n) is 1.95. The Balaban J connectivity index is 2.73. The van der Waals surface area contributed by atoms with Gasteiger partial charge in [0.2, 0.25) is 12.1 Å². The highest BCUT2D eigenvalue weighted by Crippen LogP contribution is 2.11. The summed E-state index contributed by atoms with van der Waals surface area (Å²) in [6.07, 6.45) is 2.84. The van der Waals surface area contributed by atoms with Gasteiger partial charge in [0, 0.05) is 6.20 Å². The first kappa shape index (κ1) is 7.55. The molecule has 58 valence electrons. The molecule has 6 nitrogen and oxygen atoms in total. The number of nitrogens with zero attached hydrogens (tertiary/aromatic N) is 2. The number of amides is 2. The molecular weight excluding hydrogens is 148 g/mol. The first-order chi connectivity index (χ1) is 5.19. The van der Waals surface area contributed by atoms with Crippen molar-refractivity contribution in [3.8, 4) is 0 Å². The Labute approximate surface area is 62.2 Å². The van der Waals surface area contributed by atoms with Gasteiger partial charge in [-0.1, -0.05) is 0 Å². The second-order valence-corrected chi connectivity index (χ2v) is 1.95. The van der Waals surface area contributed by atoms with Crippen LogP contribution in [-0.4, -0.2) is 18.0 Å². The Morgan fingerprint density at radius 3 is 2.91 bits per heavy atom. The largest absolute Gasteiger partial charge is 0.295 e. The molecule has 2 amide bonds. The Morgan fingerprint density at radius 2 is 2.45 bits per heavy atom. The molecule has 0 fully saturated rings. The predicted molar refractivity (Wildman–Crippen MR) is 35.1 cm³/mol. The van der Waals surface area contributed by atoms with E-state index in [9.17, 15) is 9.59 Å². The van der Waals surface area contributed by atoms with Crippen LogP contribution in [0.25, 0.3) is 0 Å². The van der Waals surface area contributed by atoms with E-state index >= 15 is 0 Å². The van der Waals surface area contributed by atoms with Crippen LogP contribution < -0.4 is 11.1 Å². The lowest BCUT2D eigenvalue weighted by molar-refractivity contribution is -0.128. The summed E-state index contributed by atoms with van der Waals surface area (Å²) in [6.45, 7) is 0. The van der Waals surface area contributed by atoms with E-state index in [1.165, 1.54) is 12.3 Å². The normalized spacial score (nSPS) is 27.0. The van der Waals surface area contributed by atoms with Crippen molar-refractivity contribution >= 4 is 12.3 Å². The third kappa shape index (κ3) is 1.30. The van der Waals surface area contributed by atoms with Crippen molar-refractivity contribution in [3.63, 3.8) is 0 Å². The number of imide groups is 1. The molecular formula is C5H6N4O2. The van der Waals surface area contributed by atoms with E-state index in [0.29, 0.717) is 0 Å². The van der Waals surface area contributed by atoms with Crippen LogP contribution in [0.15, 0.2) is 22.5 Å². The fourth-order valence-corrected chi connectivity index (χ4v) is 0.599. The van der Waals surface area contributed by atoms with Gasteiger partial charge in [-0.25, -0.2) is 0 Å². The van der Waals surface area contributed by atoms with E-state index in [4.69, 9.17) is 5.73 Å². The number of azo groups is 1. The Hall–Kier alpha value is -1.56. The highest BCUT2D eigenvalue weighted by molar-refractivity contribution is 5.94. The lowest BCUT2D eigenvalue weighted by Crippen LogP contribution is -2.49. The minimum Gasteiger partial charge on any atom is -0.295 e. The van der Waals surface area contributed by atoms with Gasteiger partial charge in [0.25, 0.3) is 5.91 Å². The molecule has 1 rings (SSSR count). The molecule has 1 aliphatic heterocycles. The van der Waals surface area contributed by atoms with E-state index in [2.05, 4.69) is 10.2 Å². The van der Waals surface area contributed by atoms with Crippen molar-refractivity contribution in [3.05, 3.63) is 12.3 Å². The van der Waals surface area contributed by atoms with Gasteiger partial charge in [-0.15, -0.1) is 0 Å². The molecule has 0 bridgehead atoms. The highest BCUT2D eigenvalue weighted by atomic mass is 16.2. The van der Waals surface area contributed by atoms with Crippen molar-refractivity contribution in [1.29, 1.82) is 0 Å². The van der Waals surface area contributed by atoms with Crippen molar-refractivity contribution in [1.82, 2.24) is 5.32 Å². The van der Waals surface area contributed by atoms with Crippen molar-refractivity contribution < 1.29 is 9.59 Å². The highest BCUT2D eigenvalue weighted by Gasteiger charge is 2.33. The van der Waals surface area contributed by atoms with E-state index in [1.54, 1.807) is 0 Å². The van der Waals surface area contributed by atoms with Gasteiger partial charge in [-0.05, 0) is 6.08 Å². The minimum atomic E-state index is -1.50. The predicted octanol–water partition coefficient (Wildman–Crippen LogP) is -1.11. The molecule has 6 heteroatoms. The summed E-state index contributed by atoms with van der Waals surface area (Å²) in [5, 5.41) is 8.67. The van der Waals surface area contributed by atoms with E-state index in [-0.39, 0.29) is 6.41 Å². The topological polar surface area (TPSA) is 96.9 Å². The Kier molecular flexibility index (Phi) is 1.77. The summed E-state index contributed by atoms with van der Waals surface area (Å²) in [4.78, 5) is 20.7. The molecule has 1 heterocycles. The first-order valence-electron chi connectivity index (χ1n) is 2.82. The zero-order valence-corrected chi connectivity index (χ0v) is 5.52. The number of carbonyl (C=O) groups is 2. The van der Waals surface area contributed by atoms with Crippen LogP contribution in [0.1, 0.15) is 0 Å². The van der Waals surface area contributed by atoms with Crippen LogP contribution in [0.4, 0.5) is 0 Å². The van der Waals surface area contributed by atoms with Crippen LogP contribution in [0.3, 0.4) is 0 Å². The molecule has 0 radical (unpaired) electrons. The summed E-state index contributed by atoms with van der Waals surface area (Å²) in [7, 11) is 0. The Morgan fingerprint density at radius 1 is 1.73 bits per heavy atom. The SMILES string of the molecule is NC1(C(=O)NC=O)C=CN=N1. The Bertz CT molecular complexity index is 233. The first-order valence-corrected chi connectivity index (χ1v) is 2.82. The molecule has 0 saturated heterocycles. The third-order valence-corrected chi connectivity index (χ3v) is 1.17. The lowest BCUT2D eigenvalue weighted by atomic mass is 10.2. The van der Waals surface area contributed by atoms with Crippen LogP contribution >= 0.6 is 0 Å². The number of nitrogens with one attached hydrogen (secondary N) is 1. The summed E-state index contributed by atoms with van der Waals surface area (Å²) < 4.78 is 0. The van der Waals surface area contributed by atoms with Gasteiger partial charge in [0.15, 0.2) is 0 Å². The molecule has 1 unspecified atom stereocenters. The molecule has 0 aromatic carbocycles. The summed E-state index contributed by atoms with van der Waals surface area (Å²) in [5.41, 5.74) is 3.87. The minimum absolute atomic E-state index is 0.249. The van der Waals surface area contributed by atoms with Gasteiger partial charge in [-0.3, -0.25) is 20.6 Å². The standard InChI is InChI=1S/C5H6N4O2/c6-5(1-2-8-9-5)4(11)7-3-10/h1-3H,6H2,(H,7,10,11). The average molecular weight is 154 g/mol. The molecule has 1 atom stereocenters. The summed E-state index contributed by atoms with van der Waals surface area (Å²) in [5.74, 6) is -0.690. The molecule has 0 aromatic rings. The molecule has 11 heavy (non-hydrogen) atoms. The molecule has 3 N–H and O–H groups in total. The van der Waals surface area contributed by atoms with E-state index < -0.39 is 11.6 Å². The maximum Gasteiger partial charge on any atom is 0.275 e. The van der Waals surface area contributed by atoms with Gasteiger partial charge < -0.3 is 0 Å². The fourth-order valence-electron chi connectivity index (χ4n) is 0.599. The van der Waals surface area contributed by atoms with Crippen molar-refractivity contribution in [2.75, 3.05) is 0 Å². The molecule has 1 aliphatic rings. The van der Waals surface area contributed by atoms with Crippen molar-refractivity contribution in [2.24, 2.45) is 16.0 Å².